The van der Waals surface area contributed by atoms with Gasteiger partial charge in [-0.15, -0.1) is 0 Å². The molecule has 0 aliphatic carbocycles. The van der Waals surface area contributed by atoms with Crippen molar-refractivity contribution < 1.29 is 0 Å². The van der Waals surface area contributed by atoms with Gasteiger partial charge in [-0.2, -0.15) is 0 Å². The molecule has 0 saturated carbocycles. The van der Waals surface area contributed by atoms with E-state index in [0.29, 0.717) is 12.5 Å². The second kappa shape index (κ2) is 6.00. The van der Waals surface area contributed by atoms with Gasteiger partial charge in [-0.3, -0.25) is 4.79 Å². The minimum absolute atomic E-state index is 0.0432. The Kier molecular flexibility index (Phi) is 3.73. The average Bonchev–Trinajstić information content (AvgIpc) is 2.53. The van der Waals surface area contributed by atoms with E-state index in [1.807, 2.05) is 30.3 Å². The van der Waals surface area contributed by atoms with Crippen molar-refractivity contribution in [3.8, 4) is 0 Å². The van der Waals surface area contributed by atoms with Crippen LogP contribution in [0.2, 0.25) is 0 Å². The predicted molar refractivity (Wildman–Crippen MR) is 81.6 cm³/mol. The van der Waals surface area contributed by atoms with Crippen molar-refractivity contribution in [2.24, 2.45) is 0 Å². The lowest BCUT2D eigenvalue weighted by atomic mass is 10.2. The Bertz CT molecular complexity index is 769. The second-order valence-electron chi connectivity index (χ2n) is 4.57. The van der Waals surface area contributed by atoms with E-state index < -0.39 is 0 Å². The summed E-state index contributed by atoms with van der Waals surface area (Å²) in [4.78, 5) is 20.1. The first-order valence-electron chi connectivity index (χ1n) is 6.60. The van der Waals surface area contributed by atoms with Crippen molar-refractivity contribution in [3.63, 3.8) is 0 Å². The fraction of sp³-hybridized carbons (Fsp3) is 0.0625. The van der Waals surface area contributed by atoms with E-state index in [1.54, 1.807) is 35.3 Å². The molecule has 0 radical (unpaired) electrons. The maximum absolute atomic E-state index is 11.9. The first-order valence-corrected chi connectivity index (χ1v) is 6.60. The van der Waals surface area contributed by atoms with Crippen LogP contribution in [0.25, 0.3) is 0 Å². The fourth-order valence-corrected chi connectivity index (χ4v) is 2.00. The normalized spacial score (nSPS) is 10.3. The van der Waals surface area contributed by atoms with Gasteiger partial charge in [0.05, 0.1) is 12.2 Å². The molecule has 1 aromatic carbocycles. The van der Waals surface area contributed by atoms with Crippen LogP contribution in [0.5, 0.6) is 0 Å². The van der Waals surface area contributed by atoms with Gasteiger partial charge in [0, 0.05) is 24.7 Å². The van der Waals surface area contributed by atoms with Crippen LogP contribution in [-0.2, 0) is 6.54 Å². The zero-order valence-corrected chi connectivity index (χ0v) is 11.3. The summed E-state index contributed by atoms with van der Waals surface area (Å²) in [5.41, 5.74) is 1.81. The molecule has 2 aromatic heterocycles. The molecule has 0 aliphatic heterocycles. The average molecular weight is 278 g/mol. The van der Waals surface area contributed by atoms with Gasteiger partial charge in [0.2, 0.25) is 5.95 Å². The summed E-state index contributed by atoms with van der Waals surface area (Å²) in [6.07, 6.45) is 5.09. The summed E-state index contributed by atoms with van der Waals surface area (Å²) >= 11 is 0. The molecule has 0 bridgehead atoms. The highest BCUT2D eigenvalue weighted by Gasteiger charge is 2.01. The zero-order chi connectivity index (χ0) is 14.5. The van der Waals surface area contributed by atoms with E-state index >= 15 is 0 Å². The smallest absolute Gasteiger partial charge is 0.250 e. The zero-order valence-electron chi connectivity index (χ0n) is 11.3. The molecule has 2 heterocycles. The lowest BCUT2D eigenvalue weighted by Gasteiger charge is -2.09. The minimum atomic E-state index is -0.0432. The fourth-order valence-electron chi connectivity index (χ4n) is 2.00. The van der Waals surface area contributed by atoms with Crippen LogP contribution in [0.4, 0.5) is 11.6 Å². The molecule has 0 fully saturated rings. The van der Waals surface area contributed by atoms with Gasteiger partial charge in [-0.1, -0.05) is 30.3 Å². The third-order valence-corrected chi connectivity index (χ3v) is 3.00. The quantitative estimate of drug-likeness (QED) is 0.796. The summed E-state index contributed by atoms with van der Waals surface area (Å²) in [5.74, 6) is 0.502. The number of anilines is 2. The first kappa shape index (κ1) is 13.1. The van der Waals surface area contributed by atoms with Crippen molar-refractivity contribution in [2.45, 2.75) is 6.54 Å². The van der Waals surface area contributed by atoms with Gasteiger partial charge < -0.3 is 9.88 Å². The molecule has 0 amide bonds. The molecule has 0 aliphatic rings. The number of hydrogen-bond donors (Lipinski definition) is 1. The Labute approximate surface area is 121 Å². The summed E-state index contributed by atoms with van der Waals surface area (Å²) < 4.78 is 1.65. The Morgan fingerprint density at radius 3 is 2.48 bits per heavy atom. The molecule has 0 spiro atoms. The molecule has 5 heteroatoms. The van der Waals surface area contributed by atoms with E-state index in [1.165, 1.54) is 6.07 Å². The number of rotatable bonds is 4. The van der Waals surface area contributed by atoms with Gasteiger partial charge >= 0.3 is 0 Å². The van der Waals surface area contributed by atoms with Crippen LogP contribution in [0.3, 0.4) is 0 Å². The topological polar surface area (TPSA) is 59.8 Å². The van der Waals surface area contributed by atoms with Crippen LogP contribution in [0.15, 0.2) is 71.9 Å². The lowest BCUT2D eigenvalue weighted by molar-refractivity contribution is 0.761. The SMILES string of the molecule is O=c1ccc(Nc2ncccn2)cn1Cc1ccccc1. The molecule has 3 aromatic rings. The predicted octanol–water partition coefficient (Wildman–Crippen LogP) is 2.43. The van der Waals surface area contributed by atoms with Crippen molar-refractivity contribution in [1.29, 1.82) is 0 Å². The van der Waals surface area contributed by atoms with Gasteiger partial charge in [0.1, 0.15) is 0 Å². The van der Waals surface area contributed by atoms with Gasteiger partial charge in [-0.25, -0.2) is 9.97 Å². The van der Waals surface area contributed by atoms with Crippen LogP contribution >= 0.6 is 0 Å². The molecule has 104 valence electrons. The largest absolute Gasteiger partial charge is 0.323 e. The molecule has 1 N–H and O–H groups in total. The Balaban J connectivity index is 1.85. The minimum Gasteiger partial charge on any atom is -0.323 e. The number of nitrogens with one attached hydrogen (secondary N) is 1. The summed E-state index contributed by atoms with van der Waals surface area (Å²) in [6, 6.07) is 14.9. The molecular formula is C16H14N4O. The monoisotopic (exact) mass is 278 g/mol. The molecule has 3 rings (SSSR count). The van der Waals surface area contributed by atoms with Crippen molar-refractivity contribution in [2.75, 3.05) is 5.32 Å². The van der Waals surface area contributed by atoms with E-state index in [0.717, 1.165) is 11.3 Å². The number of hydrogen-bond acceptors (Lipinski definition) is 4. The number of pyridine rings is 1. The highest BCUT2D eigenvalue weighted by molar-refractivity contribution is 5.50. The molecular weight excluding hydrogens is 264 g/mol. The van der Waals surface area contributed by atoms with E-state index in [9.17, 15) is 4.79 Å². The van der Waals surface area contributed by atoms with Crippen LogP contribution < -0.4 is 10.9 Å². The van der Waals surface area contributed by atoms with Crippen molar-refractivity contribution in [1.82, 2.24) is 14.5 Å². The first-order chi connectivity index (χ1) is 10.3. The van der Waals surface area contributed by atoms with Crippen LogP contribution in [0, 0.1) is 0 Å². The third-order valence-electron chi connectivity index (χ3n) is 3.00. The Morgan fingerprint density at radius 2 is 1.71 bits per heavy atom. The molecule has 0 saturated heterocycles. The highest BCUT2D eigenvalue weighted by atomic mass is 16.1. The number of benzene rings is 1. The molecule has 21 heavy (non-hydrogen) atoms. The highest BCUT2D eigenvalue weighted by Crippen LogP contribution is 2.10. The van der Waals surface area contributed by atoms with Gasteiger partial charge in [0.25, 0.3) is 5.56 Å². The summed E-state index contributed by atoms with van der Waals surface area (Å²) in [6.45, 7) is 0.533. The van der Waals surface area contributed by atoms with E-state index in [4.69, 9.17) is 0 Å². The Hall–Kier alpha value is -2.95. The van der Waals surface area contributed by atoms with Crippen molar-refractivity contribution >= 4 is 11.6 Å². The molecule has 0 atom stereocenters. The van der Waals surface area contributed by atoms with Gasteiger partial charge in [0.15, 0.2) is 0 Å². The molecule has 0 unspecified atom stereocenters. The number of nitrogens with zero attached hydrogens (tertiary/aromatic N) is 3. The molecule has 5 nitrogen and oxygen atoms in total. The second-order valence-corrected chi connectivity index (χ2v) is 4.57. The van der Waals surface area contributed by atoms with Crippen molar-refractivity contribution in [3.05, 3.63) is 83.0 Å². The maximum Gasteiger partial charge on any atom is 0.250 e. The third kappa shape index (κ3) is 3.33. The van der Waals surface area contributed by atoms with Gasteiger partial charge in [-0.05, 0) is 17.7 Å². The van der Waals surface area contributed by atoms with Crippen LogP contribution in [0.1, 0.15) is 5.56 Å². The Morgan fingerprint density at radius 1 is 0.952 bits per heavy atom. The van der Waals surface area contributed by atoms with E-state index in [-0.39, 0.29) is 5.56 Å². The van der Waals surface area contributed by atoms with Crippen LogP contribution in [-0.4, -0.2) is 14.5 Å². The maximum atomic E-state index is 11.9. The van der Waals surface area contributed by atoms with E-state index in [2.05, 4.69) is 15.3 Å². The summed E-state index contributed by atoms with van der Waals surface area (Å²) in [7, 11) is 0. The summed E-state index contributed by atoms with van der Waals surface area (Å²) in [5, 5.41) is 3.08. The lowest BCUT2D eigenvalue weighted by Crippen LogP contribution is -2.19. The number of aromatic nitrogens is 3. The standard InChI is InChI=1S/C16H14N4O/c21-15-8-7-14(19-16-17-9-4-10-18-16)12-20(15)11-13-5-2-1-3-6-13/h1-10,12H,11H2,(H,17,18,19).